The summed E-state index contributed by atoms with van der Waals surface area (Å²) in [6.07, 6.45) is 4.73. The summed E-state index contributed by atoms with van der Waals surface area (Å²) in [5, 5.41) is 8.46. The van der Waals surface area contributed by atoms with Crippen LogP contribution in [0.5, 0.6) is 0 Å². The Balaban J connectivity index is 2.20. The van der Waals surface area contributed by atoms with E-state index in [4.69, 9.17) is 10.5 Å². The van der Waals surface area contributed by atoms with Crippen molar-refractivity contribution in [1.82, 2.24) is 15.0 Å². The Kier molecular flexibility index (Phi) is 4.12. The van der Waals surface area contributed by atoms with Gasteiger partial charge in [0.25, 0.3) is 0 Å². The monoisotopic (exact) mass is 238 g/mol. The average molecular weight is 238 g/mol. The molecule has 0 bridgehead atoms. The van der Waals surface area contributed by atoms with E-state index in [0.717, 1.165) is 24.5 Å². The van der Waals surface area contributed by atoms with Crippen molar-refractivity contribution in [3.63, 3.8) is 0 Å². The molecule has 1 aromatic heterocycles. The molecule has 0 amide bonds. The minimum atomic E-state index is 0.279. The Morgan fingerprint density at radius 2 is 2.29 bits per heavy atom. The second-order valence-electron chi connectivity index (χ2n) is 4.80. The predicted octanol–water partition coefficient (Wildman–Crippen LogP) is 1.29. The van der Waals surface area contributed by atoms with Gasteiger partial charge in [-0.15, -0.1) is 5.10 Å². The molecule has 1 unspecified atom stereocenters. The fraction of sp³-hybridized carbons (Fsp3) is 0.833. The van der Waals surface area contributed by atoms with Crippen LogP contribution in [0.15, 0.2) is 0 Å². The maximum absolute atomic E-state index is 5.73. The van der Waals surface area contributed by atoms with Gasteiger partial charge in [-0.1, -0.05) is 12.1 Å². The minimum Gasteiger partial charge on any atom is -0.382 e. The lowest BCUT2D eigenvalue weighted by Crippen LogP contribution is -2.19. The van der Waals surface area contributed by atoms with Gasteiger partial charge < -0.3 is 10.5 Å². The van der Waals surface area contributed by atoms with Crippen LogP contribution in [0, 0.1) is 5.92 Å². The lowest BCUT2D eigenvalue weighted by Gasteiger charge is -2.17. The molecular weight excluding hydrogens is 216 g/mol. The molecule has 1 aliphatic rings. The van der Waals surface area contributed by atoms with Crippen molar-refractivity contribution in [2.45, 2.75) is 45.2 Å². The Bertz CT molecular complexity index is 359. The highest BCUT2D eigenvalue weighted by Crippen LogP contribution is 2.33. The lowest BCUT2D eigenvalue weighted by atomic mass is 10.1. The van der Waals surface area contributed by atoms with Gasteiger partial charge in [0.2, 0.25) is 0 Å². The summed E-state index contributed by atoms with van der Waals surface area (Å²) < 4.78 is 7.28. The van der Waals surface area contributed by atoms with E-state index in [1.54, 1.807) is 7.11 Å². The topological polar surface area (TPSA) is 66.0 Å². The molecule has 1 aliphatic carbocycles. The van der Waals surface area contributed by atoms with Crippen molar-refractivity contribution in [1.29, 1.82) is 0 Å². The quantitative estimate of drug-likeness (QED) is 0.777. The molecule has 0 aromatic carbocycles. The second kappa shape index (κ2) is 5.60. The first-order chi connectivity index (χ1) is 8.30. The van der Waals surface area contributed by atoms with Gasteiger partial charge >= 0.3 is 0 Å². The maximum atomic E-state index is 5.73. The molecule has 17 heavy (non-hydrogen) atoms. The molecule has 2 rings (SSSR count). The van der Waals surface area contributed by atoms with Crippen LogP contribution in [0.3, 0.4) is 0 Å². The third-order valence-electron chi connectivity index (χ3n) is 3.42. The van der Waals surface area contributed by atoms with Crippen molar-refractivity contribution < 1.29 is 4.74 Å². The zero-order valence-corrected chi connectivity index (χ0v) is 10.7. The van der Waals surface area contributed by atoms with E-state index in [1.807, 2.05) is 4.68 Å². The molecule has 1 heterocycles. The van der Waals surface area contributed by atoms with Crippen LogP contribution in [0.1, 0.15) is 43.6 Å². The van der Waals surface area contributed by atoms with Gasteiger partial charge in [0.05, 0.1) is 24.0 Å². The fourth-order valence-corrected chi connectivity index (χ4v) is 2.16. The molecule has 0 aliphatic heterocycles. The van der Waals surface area contributed by atoms with Crippen molar-refractivity contribution >= 4 is 0 Å². The van der Waals surface area contributed by atoms with Gasteiger partial charge in [-0.05, 0) is 31.6 Å². The first-order valence-corrected chi connectivity index (χ1v) is 6.42. The van der Waals surface area contributed by atoms with E-state index in [1.165, 1.54) is 18.5 Å². The summed E-state index contributed by atoms with van der Waals surface area (Å²) in [4.78, 5) is 0. The molecule has 5 heteroatoms. The number of nitrogens with zero attached hydrogens (tertiary/aromatic N) is 3. The molecule has 1 fully saturated rings. The van der Waals surface area contributed by atoms with E-state index in [0.29, 0.717) is 13.2 Å². The summed E-state index contributed by atoms with van der Waals surface area (Å²) in [6.45, 7) is 3.31. The molecule has 5 nitrogen and oxygen atoms in total. The summed E-state index contributed by atoms with van der Waals surface area (Å²) in [5.74, 6) is 0.817. The largest absolute Gasteiger partial charge is 0.382 e. The minimum absolute atomic E-state index is 0.279. The fourth-order valence-electron chi connectivity index (χ4n) is 2.16. The van der Waals surface area contributed by atoms with Gasteiger partial charge in [-0.25, -0.2) is 4.68 Å². The molecule has 1 atom stereocenters. The first-order valence-electron chi connectivity index (χ1n) is 6.42. The third kappa shape index (κ3) is 2.84. The molecular formula is C12H22N4O. The van der Waals surface area contributed by atoms with Gasteiger partial charge in [0, 0.05) is 13.7 Å². The third-order valence-corrected chi connectivity index (χ3v) is 3.42. The Hall–Kier alpha value is -0.940. The first kappa shape index (κ1) is 12.5. The number of ether oxygens (including phenoxy) is 1. The number of methoxy groups -OCH3 is 1. The highest BCUT2D eigenvalue weighted by Gasteiger charge is 2.27. The second-order valence-corrected chi connectivity index (χ2v) is 4.80. The van der Waals surface area contributed by atoms with Crippen molar-refractivity contribution in [2.75, 3.05) is 13.7 Å². The highest BCUT2D eigenvalue weighted by atomic mass is 16.5. The Morgan fingerprint density at radius 1 is 1.53 bits per heavy atom. The molecule has 2 N–H and O–H groups in total. The zero-order valence-electron chi connectivity index (χ0n) is 10.7. The van der Waals surface area contributed by atoms with Gasteiger partial charge in [0.15, 0.2) is 0 Å². The van der Waals surface area contributed by atoms with E-state index in [2.05, 4.69) is 17.2 Å². The number of hydrogen-bond donors (Lipinski definition) is 1. The number of rotatable bonds is 7. The Morgan fingerprint density at radius 3 is 2.82 bits per heavy atom. The summed E-state index contributed by atoms with van der Waals surface area (Å²) in [7, 11) is 1.73. The van der Waals surface area contributed by atoms with Crippen LogP contribution < -0.4 is 5.73 Å². The smallest absolute Gasteiger partial charge is 0.0994 e. The molecule has 0 saturated heterocycles. The standard InChI is InChI=1S/C12H22N4O/c1-3-10(8-17-2)16-12(6-9-4-5-9)11(7-13)14-15-16/h9-10H,3-8,13H2,1-2H3. The van der Waals surface area contributed by atoms with Crippen molar-refractivity contribution in [2.24, 2.45) is 11.7 Å². The molecule has 0 spiro atoms. The summed E-state index contributed by atoms with van der Waals surface area (Å²) in [5.41, 5.74) is 7.90. The average Bonchev–Trinajstić information content (AvgIpc) is 3.06. The normalized spacial score (nSPS) is 17.4. The predicted molar refractivity (Wildman–Crippen MR) is 65.5 cm³/mol. The Labute approximate surface area is 102 Å². The summed E-state index contributed by atoms with van der Waals surface area (Å²) >= 11 is 0. The van der Waals surface area contributed by atoms with Crippen LogP contribution in [0.4, 0.5) is 0 Å². The molecule has 1 saturated carbocycles. The van der Waals surface area contributed by atoms with E-state index in [-0.39, 0.29) is 6.04 Å². The number of nitrogens with two attached hydrogens (primary N) is 1. The van der Waals surface area contributed by atoms with Gasteiger partial charge in [-0.2, -0.15) is 0 Å². The van der Waals surface area contributed by atoms with Crippen LogP contribution >= 0.6 is 0 Å². The molecule has 96 valence electrons. The van der Waals surface area contributed by atoms with Crippen LogP contribution in [-0.4, -0.2) is 28.7 Å². The van der Waals surface area contributed by atoms with Gasteiger partial charge in [0.1, 0.15) is 0 Å². The molecule has 0 radical (unpaired) electrons. The summed E-state index contributed by atoms with van der Waals surface area (Å²) in [6, 6.07) is 0.279. The van der Waals surface area contributed by atoms with Crippen LogP contribution in [0.25, 0.3) is 0 Å². The van der Waals surface area contributed by atoms with E-state index < -0.39 is 0 Å². The van der Waals surface area contributed by atoms with Crippen LogP contribution in [0.2, 0.25) is 0 Å². The van der Waals surface area contributed by atoms with Gasteiger partial charge in [-0.3, -0.25) is 0 Å². The molecule has 1 aromatic rings. The van der Waals surface area contributed by atoms with Crippen molar-refractivity contribution in [3.8, 4) is 0 Å². The SMILES string of the molecule is CCC(COC)n1nnc(CN)c1CC1CC1. The van der Waals surface area contributed by atoms with E-state index in [9.17, 15) is 0 Å². The van der Waals surface area contributed by atoms with Crippen LogP contribution in [-0.2, 0) is 17.7 Å². The van der Waals surface area contributed by atoms with Crippen molar-refractivity contribution in [3.05, 3.63) is 11.4 Å². The lowest BCUT2D eigenvalue weighted by molar-refractivity contribution is 0.144. The zero-order chi connectivity index (χ0) is 12.3. The van der Waals surface area contributed by atoms with E-state index >= 15 is 0 Å². The highest BCUT2D eigenvalue weighted by molar-refractivity contribution is 5.13. The number of aromatic nitrogens is 3. The maximum Gasteiger partial charge on any atom is 0.0994 e. The number of hydrogen-bond acceptors (Lipinski definition) is 4.